The molecule has 0 fully saturated rings. The summed E-state index contributed by atoms with van der Waals surface area (Å²) in [5.74, 6) is 0.881. The Kier molecular flexibility index (Phi) is 3.78. The van der Waals surface area contributed by atoms with E-state index in [0.717, 1.165) is 52.2 Å². The molecule has 0 saturated carbocycles. The Morgan fingerprint density at radius 3 is 2.65 bits per heavy atom. The van der Waals surface area contributed by atoms with Crippen molar-refractivity contribution in [3.05, 3.63) is 77.9 Å². The third-order valence-corrected chi connectivity index (χ3v) is 6.53. The number of para-hydroxylation sites is 3. The monoisotopic (exact) mass is 408 g/mol. The third kappa shape index (κ3) is 2.26. The Morgan fingerprint density at radius 2 is 1.81 bits per heavy atom. The van der Waals surface area contributed by atoms with Crippen LogP contribution in [0.1, 0.15) is 31.4 Å². The summed E-state index contributed by atoms with van der Waals surface area (Å²) in [6.45, 7) is 4.95. The second-order valence-corrected chi connectivity index (χ2v) is 8.30. The van der Waals surface area contributed by atoms with Crippen LogP contribution in [0.3, 0.4) is 0 Å². The highest BCUT2D eigenvalue weighted by atomic mass is 16.2. The molecule has 154 valence electrons. The second kappa shape index (κ2) is 6.45. The molecule has 1 amide bonds. The summed E-state index contributed by atoms with van der Waals surface area (Å²) in [6.07, 6.45) is 1.81. The molecular formula is C26H24N4O. The number of hydrogen-bond donors (Lipinski definition) is 1. The number of carbonyl (C=O) groups excluding carboxylic acids is 1. The van der Waals surface area contributed by atoms with E-state index in [2.05, 4.69) is 54.1 Å². The van der Waals surface area contributed by atoms with Crippen molar-refractivity contribution in [3.8, 4) is 11.4 Å². The number of imidazole rings is 1. The number of aromatic nitrogens is 2. The molecule has 2 aliphatic rings. The van der Waals surface area contributed by atoms with Gasteiger partial charge in [0.05, 0.1) is 16.7 Å². The molecule has 3 heterocycles. The van der Waals surface area contributed by atoms with Crippen LogP contribution in [0.4, 0.5) is 11.4 Å². The van der Waals surface area contributed by atoms with E-state index in [9.17, 15) is 4.79 Å². The fourth-order valence-corrected chi connectivity index (χ4v) is 5.11. The molecule has 1 unspecified atom stereocenters. The van der Waals surface area contributed by atoms with Crippen LogP contribution in [-0.4, -0.2) is 22.0 Å². The molecule has 5 heteroatoms. The van der Waals surface area contributed by atoms with E-state index in [0.29, 0.717) is 6.54 Å². The minimum Gasteiger partial charge on any atom is -0.350 e. The minimum absolute atomic E-state index is 0.0523. The number of fused-ring (bicyclic) bond motifs is 8. The van der Waals surface area contributed by atoms with Crippen molar-refractivity contribution in [3.63, 3.8) is 0 Å². The zero-order valence-electron chi connectivity index (χ0n) is 17.7. The van der Waals surface area contributed by atoms with E-state index < -0.39 is 5.66 Å². The average Bonchev–Trinajstić information content (AvgIpc) is 3.30. The van der Waals surface area contributed by atoms with Gasteiger partial charge in [0.2, 0.25) is 5.66 Å². The van der Waals surface area contributed by atoms with E-state index >= 15 is 0 Å². The van der Waals surface area contributed by atoms with Crippen molar-refractivity contribution >= 4 is 28.3 Å². The van der Waals surface area contributed by atoms with Crippen LogP contribution in [0.25, 0.3) is 22.4 Å². The van der Waals surface area contributed by atoms with Crippen molar-refractivity contribution in [2.45, 2.75) is 32.4 Å². The number of benzene rings is 3. The molecule has 1 atom stereocenters. The Bertz CT molecular complexity index is 1350. The van der Waals surface area contributed by atoms with Gasteiger partial charge in [-0.3, -0.25) is 9.36 Å². The van der Waals surface area contributed by atoms with Crippen LogP contribution in [0.5, 0.6) is 0 Å². The maximum atomic E-state index is 14.3. The maximum Gasteiger partial charge on any atom is 0.279 e. The zero-order chi connectivity index (χ0) is 21.2. The van der Waals surface area contributed by atoms with Crippen LogP contribution in [-0.2, 0) is 16.9 Å². The van der Waals surface area contributed by atoms with Crippen LogP contribution in [0.2, 0.25) is 0 Å². The largest absolute Gasteiger partial charge is 0.350 e. The van der Waals surface area contributed by atoms with Gasteiger partial charge in [-0.05, 0) is 54.8 Å². The van der Waals surface area contributed by atoms with Gasteiger partial charge in [-0.15, -0.1) is 0 Å². The van der Waals surface area contributed by atoms with Crippen molar-refractivity contribution in [2.75, 3.05) is 16.8 Å². The van der Waals surface area contributed by atoms with Gasteiger partial charge in [0.25, 0.3) is 5.91 Å². The highest BCUT2D eigenvalue weighted by Crippen LogP contribution is 2.50. The van der Waals surface area contributed by atoms with Crippen LogP contribution < -0.4 is 10.2 Å². The number of aryl methyl sites for hydroxylation is 1. The fourth-order valence-electron chi connectivity index (χ4n) is 5.11. The molecule has 4 aromatic rings. The fraction of sp³-hybridized carbons (Fsp3) is 0.231. The highest BCUT2D eigenvalue weighted by Gasteiger charge is 2.56. The lowest BCUT2D eigenvalue weighted by atomic mass is 9.93. The topological polar surface area (TPSA) is 50.2 Å². The molecule has 31 heavy (non-hydrogen) atoms. The van der Waals surface area contributed by atoms with E-state index in [-0.39, 0.29) is 5.91 Å². The second-order valence-electron chi connectivity index (χ2n) is 8.30. The first kappa shape index (κ1) is 18.2. The number of anilines is 2. The predicted molar refractivity (Wildman–Crippen MR) is 124 cm³/mol. The normalized spacial score (nSPS) is 18.8. The van der Waals surface area contributed by atoms with Gasteiger partial charge >= 0.3 is 0 Å². The molecule has 0 aliphatic carbocycles. The summed E-state index contributed by atoms with van der Waals surface area (Å²) in [4.78, 5) is 21.2. The molecule has 2 aliphatic heterocycles. The van der Waals surface area contributed by atoms with E-state index in [1.165, 1.54) is 5.56 Å². The van der Waals surface area contributed by atoms with Gasteiger partial charge in [0, 0.05) is 23.4 Å². The first-order valence-electron chi connectivity index (χ1n) is 11.0. The molecule has 1 N–H and O–H groups in total. The minimum atomic E-state index is -1.05. The Balaban J connectivity index is 1.75. The zero-order valence-corrected chi connectivity index (χ0v) is 17.7. The predicted octanol–water partition coefficient (Wildman–Crippen LogP) is 5.15. The van der Waals surface area contributed by atoms with Gasteiger partial charge in [0.15, 0.2) is 0 Å². The molecule has 6 rings (SSSR count). The average molecular weight is 409 g/mol. The van der Waals surface area contributed by atoms with Crippen molar-refractivity contribution in [1.29, 1.82) is 0 Å². The number of rotatable bonds is 3. The van der Waals surface area contributed by atoms with Gasteiger partial charge in [-0.1, -0.05) is 44.2 Å². The van der Waals surface area contributed by atoms with Gasteiger partial charge in [-0.2, -0.15) is 0 Å². The smallest absolute Gasteiger partial charge is 0.279 e. The molecular weight excluding hydrogens is 384 g/mol. The molecule has 3 aromatic carbocycles. The first-order valence-corrected chi connectivity index (χ1v) is 11.0. The summed E-state index contributed by atoms with van der Waals surface area (Å²) in [7, 11) is 0. The van der Waals surface area contributed by atoms with Crippen LogP contribution in [0, 0.1) is 0 Å². The van der Waals surface area contributed by atoms with E-state index in [1.807, 2.05) is 41.3 Å². The number of nitrogens with zero attached hydrogens (tertiary/aromatic N) is 3. The maximum absolute atomic E-state index is 14.3. The lowest BCUT2D eigenvalue weighted by molar-refractivity contribution is -0.123. The Hall–Kier alpha value is -3.60. The molecule has 0 bridgehead atoms. The van der Waals surface area contributed by atoms with Gasteiger partial charge in [-0.25, -0.2) is 4.98 Å². The summed E-state index contributed by atoms with van der Waals surface area (Å²) < 4.78 is 2.13. The summed E-state index contributed by atoms with van der Waals surface area (Å²) in [6, 6.07) is 22.7. The van der Waals surface area contributed by atoms with E-state index in [4.69, 9.17) is 4.98 Å². The SMILES string of the molecule is CCCN1C(=O)C2(Nc3ccccc3-c3nc4ccccc4n32)c2cc(CC)ccc21. The third-order valence-electron chi connectivity index (χ3n) is 6.53. The summed E-state index contributed by atoms with van der Waals surface area (Å²) in [5.41, 5.74) is 5.96. The van der Waals surface area contributed by atoms with Crippen LogP contribution in [0.15, 0.2) is 66.7 Å². The lowest BCUT2D eigenvalue weighted by Crippen LogP contribution is -2.53. The Morgan fingerprint density at radius 1 is 1.00 bits per heavy atom. The van der Waals surface area contributed by atoms with Gasteiger partial charge in [0.1, 0.15) is 5.82 Å². The number of amides is 1. The van der Waals surface area contributed by atoms with Crippen molar-refractivity contribution in [2.24, 2.45) is 0 Å². The molecule has 1 aromatic heterocycles. The quantitative estimate of drug-likeness (QED) is 0.510. The standard InChI is InChI=1S/C26H24N4O/c1-3-15-29-22-14-13-17(4-2)16-19(22)26(25(29)31)28-20-10-6-5-9-18(20)24-27-21-11-7-8-12-23(21)30(24)26/h5-14,16,28H,3-4,15H2,1-2H3. The highest BCUT2D eigenvalue weighted by molar-refractivity contribution is 6.12. The number of nitrogens with one attached hydrogen (secondary N) is 1. The molecule has 5 nitrogen and oxygen atoms in total. The van der Waals surface area contributed by atoms with Crippen molar-refractivity contribution in [1.82, 2.24) is 9.55 Å². The Labute approximate surface area is 181 Å². The van der Waals surface area contributed by atoms with E-state index in [1.54, 1.807) is 0 Å². The number of hydrogen-bond acceptors (Lipinski definition) is 3. The summed E-state index contributed by atoms with van der Waals surface area (Å²) >= 11 is 0. The lowest BCUT2D eigenvalue weighted by Gasteiger charge is -2.38. The van der Waals surface area contributed by atoms with Crippen molar-refractivity contribution < 1.29 is 4.79 Å². The van der Waals surface area contributed by atoms with Crippen LogP contribution >= 0.6 is 0 Å². The molecule has 1 spiro atoms. The summed E-state index contributed by atoms with van der Waals surface area (Å²) in [5, 5.41) is 3.68. The first-order chi connectivity index (χ1) is 15.2. The van der Waals surface area contributed by atoms with Gasteiger partial charge < -0.3 is 10.2 Å². The molecule has 0 radical (unpaired) electrons. The number of carbonyl (C=O) groups is 1. The molecule has 0 saturated heterocycles.